The van der Waals surface area contributed by atoms with Gasteiger partial charge in [0.05, 0.1) is 0 Å². The number of hydrogen-bond acceptors (Lipinski definition) is 1. The van der Waals surface area contributed by atoms with Crippen LogP contribution in [0.2, 0.25) is 0 Å². The predicted molar refractivity (Wildman–Crippen MR) is 45.4 cm³/mol. The summed E-state index contributed by atoms with van der Waals surface area (Å²) < 4.78 is 0. The molecule has 0 amide bonds. The van der Waals surface area contributed by atoms with Crippen molar-refractivity contribution in [3.05, 3.63) is 42.2 Å². The highest BCUT2D eigenvalue weighted by atomic mass is 14.6. The Bertz CT molecular complexity index is 251. The fourth-order valence-electron chi connectivity index (χ4n) is 1.51. The zero-order chi connectivity index (χ0) is 7.52. The van der Waals surface area contributed by atoms with E-state index in [-0.39, 0.29) is 0 Å². The maximum Gasteiger partial charge on any atom is 0.0305 e. The van der Waals surface area contributed by atoms with Crippen LogP contribution in [-0.2, 0) is 0 Å². The lowest BCUT2D eigenvalue weighted by Crippen LogP contribution is -1.90. The van der Waals surface area contributed by atoms with Gasteiger partial charge in [-0.1, -0.05) is 18.2 Å². The van der Waals surface area contributed by atoms with Crippen LogP contribution < -0.4 is 0 Å². The molecule has 0 aliphatic heterocycles. The lowest BCUT2D eigenvalue weighted by molar-refractivity contribution is 0.796. The Morgan fingerprint density at radius 1 is 1.45 bits per heavy atom. The van der Waals surface area contributed by atoms with Gasteiger partial charge in [-0.05, 0) is 24.5 Å². The zero-order valence-electron chi connectivity index (χ0n) is 6.40. The van der Waals surface area contributed by atoms with Crippen LogP contribution in [0.15, 0.2) is 36.7 Å². The average Bonchev–Trinajstić information content (AvgIpc) is 2.58. The summed E-state index contributed by atoms with van der Waals surface area (Å²) >= 11 is 0. The van der Waals surface area contributed by atoms with Crippen molar-refractivity contribution < 1.29 is 0 Å². The fourth-order valence-corrected chi connectivity index (χ4v) is 1.51. The Labute approximate surface area is 66.8 Å². The van der Waals surface area contributed by atoms with E-state index in [0.717, 1.165) is 0 Å². The van der Waals surface area contributed by atoms with Gasteiger partial charge in [-0.2, -0.15) is 0 Å². The number of pyridine rings is 1. The van der Waals surface area contributed by atoms with Crippen LogP contribution in [0.4, 0.5) is 0 Å². The van der Waals surface area contributed by atoms with Crippen LogP contribution in [-0.4, -0.2) is 4.98 Å². The third-order valence-electron chi connectivity index (χ3n) is 2.13. The van der Waals surface area contributed by atoms with E-state index in [1.165, 1.54) is 18.4 Å². The highest BCUT2D eigenvalue weighted by Crippen LogP contribution is 2.26. The van der Waals surface area contributed by atoms with E-state index in [2.05, 4.69) is 23.2 Å². The largest absolute Gasteiger partial charge is 0.264 e. The molecule has 1 heterocycles. The molecule has 1 unspecified atom stereocenters. The molecule has 11 heavy (non-hydrogen) atoms. The van der Waals surface area contributed by atoms with Gasteiger partial charge >= 0.3 is 0 Å². The number of allylic oxidation sites excluding steroid dienone is 2. The molecule has 0 saturated heterocycles. The molecule has 56 valence electrons. The summed E-state index contributed by atoms with van der Waals surface area (Å²) in [7, 11) is 0. The van der Waals surface area contributed by atoms with Gasteiger partial charge in [0.2, 0.25) is 0 Å². The highest BCUT2D eigenvalue weighted by molar-refractivity contribution is 5.22. The topological polar surface area (TPSA) is 12.9 Å². The van der Waals surface area contributed by atoms with Gasteiger partial charge in [0.15, 0.2) is 0 Å². The van der Waals surface area contributed by atoms with Crippen LogP contribution in [0.1, 0.15) is 24.3 Å². The molecule has 0 spiro atoms. The van der Waals surface area contributed by atoms with E-state index in [1.54, 1.807) is 0 Å². The Balaban J connectivity index is 2.23. The molecule has 1 aromatic heterocycles. The smallest absolute Gasteiger partial charge is 0.0305 e. The Kier molecular flexibility index (Phi) is 1.72. The molecule has 2 rings (SSSR count). The standard InChI is InChI=1S/C10H11N/c1-2-5-9(4-1)10-6-3-7-11-8-10/h1,3-4,6-9H,2,5H2. The fraction of sp³-hybridized carbons (Fsp3) is 0.300. The van der Waals surface area contributed by atoms with Crippen molar-refractivity contribution in [3.63, 3.8) is 0 Å². The quantitative estimate of drug-likeness (QED) is 0.553. The van der Waals surface area contributed by atoms with E-state index in [4.69, 9.17) is 0 Å². The minimum Gasteiger partial charge on any atom is -0.264 e. The molecule has 1 aliphatic rings. The first-order valence-corrected chi connectivity index (χ1v) is 4.03. The van der Waals surface area contributed by atoms with Crippen molar-refractivity contribution in [2.75, 3.05) is 0 Å². The molecule has 1 aromatic rings. The number of rotatable bonds is 1. The Hall–Kier alpha value is -1.11. The van der Waals surface area contributed by atoms with E-state index in [0.29, 0.717) is 5.92 Å². The maximum atomic E-state index is 4.10. The Morgan fingerprint density at radius 3 is 3.09 bits per heavy atom. The van der Waals surface area contributed by atoms with Crippen molar-refractivity contribution in [3.8, 4) is 0 Å². The molecule has 0 aromatic carbocycles. The van der Waals surface area contributed by atoms with Crippen LogP contribution >= 0.6 is 0 Å². The minimum atomic E-state index is 0.628. The molecule has 0 fully saturated rings. The monoisotopic (exact) mass is 145 g/mol. The van der Waals surface area contributed by atoms with Gasteiger partial charge in [-0.3, -0.25) is 4.98 Å². The summed E-state index contributed by atoms with van der Waals surface area (Å²) in [4.78, 5) is 4.10. The molecule has 0 radical (unpaired) electrons. The van der Waals surface area contributed by atoms with Crippen LogP contribution in [0.3, 0.4) is 0 Å². The third kappa shape index (κ3) is 1.32. The van der Waals surface area contributed by atoms with Crippen molar-refractivity contribution in [1.29, 1.82) is 0 Å². The van der Waals surface area contributed by atoms with Gasteiger partial charge in [0.1, 0.15) is 0 Å². The second kappa shape index (κ2) is 2.87. The van der Waals surface area contributed by atoms with Gasteiger partial charge in [0, 0.05) is 18.3 Å². The average molecular weight is 145 g/mol. The lowest BCUT2D eigenvalue weighted by atomic mass is 10.0. The second-order valence-corrected chi connectivity index (χ2v) is 2.90. The number of nitrogens with zero attached hydrogens (tertiary/aromatic N) is 1. The van der Waals surface area contributed by atoms with Crippen molar-refractivity contribution in [2.24, 2.45) is 0 Å². The number of aromatic nitrogens is 1. The highest BCUT2D eigenvalue weighted by Gasteiger charge is 2.10. The number of hydrogen-bond donors (Lipinski definition) is 0. The molecular formula is C10H11N. The first-order valence-electron chi connectivity index (χ1n) is 4.03. The maximum absolute atomic E-state index is 4.10. The van der Waals surface area contributed by atoms with Crippen molar-refractivity contribution in [2.45, 2.75) is 18.8 Å². The van der Waals surface area contributed by atoms with E-state index in [1.807, 2.05) is 18.5 Å². The first kappa shape index (κ1) is 6.59. The van der Waals surface area contributed by atoms with E-state index in [9.17, 15) is 0 Å². The molecule has 0 saturated carbocycles. The third-order valence-corrected chi connectivity index (χ3v) is 2.13. The van der Waals surface area contributed by atoms with Gasteiger partial charge < -0.3 is 0 Å². The summed E-state index contributed by atoms with van der Waals surface area (Å²) in [6, 6.07) is 4.15. The zero-order valence-corrected chi connectivity index (χ0v) is 6.40. The molecular weight excluding hydrogens is 134 g/mol. The first-order chi connectivity index (χ1) is 5.47. The van der Waals surface area contributed by atoms with E-state index >= 15 is 0 Å². The van der Waals surface area contributed by atoms with Gasteiger partial charge in [-0.25, -0.2) is 0 Å². The summed E-state index contributed by atoms with van der Waals surface area (Å²) in [5.41, 5.74) is 1.35. The molecule has 1 nitrogen and oxygen atoms in total. The van der Waals surface area contributed by atoms with Crippen LogP contribution in [0.5, 0.6) is 0 Å². The molecule has 1 heteroatoms. The summed E-state index contributed by atoms with van der Waals surface area (Å²) in [6.45, 7) is 0. The van der Waals surface area contributed by atoms with Gasteiger partial charge in [-0.15, -0.1) is 0 Å². The normalized spacial score (nSPS) is 22.4. The van der Waals surface area contributed by atoms with E-state index < -0.39 is 0 Å². The van der Waals surface area contributed by atoms with Crippen LogP contribution in [0.25, 0.3) is 0 Å². The predicted octanol–water partition coefficient (Wildman–Crippen LogP) is 2.52. The Morgan fingerprint density at radius 2 is 2.45 bits per heavy atom. The lowest BCUT2D eigenvalue weighted by Gasteiger charge is -2.05. The van der Waals surface area contributed by atoms with Crippen molar-refractivity contribution >= 4 is 0 Å². The summed E-state index contributed by atoms with van der Waals surface area (Å²) in [5, 5.41) is 0. The van der Waals surface area contributed by atoms with Crippen LogP contribution in [0, 0.1) is 0 Å². The molecule has 1 atom stereocenters. The summed E-state index contributed by atoms with van der Waals surface area (Å²) in [5.74, 6) is 0.628. The molecule has 0 N–H and O–H groups in total. The summed E-state index contributed by atoms with van der Waals surface area (Å²) in [6.07, 6.45) is 10.8. The van der Waals surface area contributed by atoms with Crippen molar-refractivity contribution in [1.82, 2.24) is 4.98 Å². The molecule has 0 bridgehead atoms. The minimum absolute atomic E-state index is 0.628. The van der Waals surface area contributed by atoms with Gasteiger partial charge in [0.25, 0.3) is 0 Å². The SMILES string of the molecule is C1=CC(c2cccnc2)CC1. The second-order valence-electron chi connectivity index (χ2n) is 2.90. The molecule has 1 aliphatic carbocycles.